The van der Waals surface area contributed by atoms with Crippen LogP contribution in [-0.4, -0.2) is 46.5 Å². The van der Waals surface area contributed by atoms with Crippen LogP contribution in [0, 0.1) is 0 Å². The Kier molecular flexibility index (Phi) is 6.55. The van der Waals surface area contributed by atoms with Gasteiger partial charge in [0, 0.05) is 35.2 Å². The summed E-state index contributed by atoms with van der Waals surface area (Å²) in [5, 5.41) is 22.6. The van der Waals surface area contributed by atoms with Gasteiger partial charge in [0.1, 0.15) is 22.9 Å². The highest BCUT2D eigenvalue weighted by atomic mass is 35.5. The van der Waals surface area contributed by atoms with Crippen LogP contribution in [0.1, 0.15) is 5.56 Å². The Morgan fingerprint density at radius 3 is 2.39 bits per heavy atom. The van der Waals surface area contributed by atoms with Crippen molar-refractivity contribution in [3.63, 3.8) is 0 Å². The molecule has 36 heavy (non-hydrogen) atoms. The number of fused-ring (bicyclic) bond motifs is 1. The molecule has 0 amide bonds. The fraction of sp³-hybridized carbons (Fsp3) is 0.154. The molecular weight excluding hydrogens is 480 g/mol. The summed E-state index contributed by atoms with van der Waals surface area (Å²) in [6.07, 6.45) is 3.21. The van der Waals surface area contributed by atoms with E-state index in [0.29, 0.717) is 40.0 Å². The molecule has 0 saturated carbocycles. The van der Waals surface area contributed by atoms with Gasteiger partial charge in [-0.1, -0.05) is 29.8 Å². The standard InChI is InChI=1S/C26H23ClN6O3/c1-34-17-9-8-16(23(12-17)35-2)15-28-25-18-6-4-5-7-21(18)31-32-26(25)19-13-20(27)24(36-3)14-22(19)33-29-10-11-30-33/h4-14H,15H2,1-3H3,(H,28,31). The largest absolute Gasteiger partial charge is 0.497 e. The van der Waals surface area contributed by atoms with E-state index in [-0.39, 0.29) is 0 Å². The molecule has 5 rings (SSSR count). The highest BCUT2D eigenvalue weighted by molar-refractivity contribution is 6.32. The third-order valence-electron chi connectivity index (χ3n) is 5.78. The van der Waals surface area contributed by atoms with Gasteiger partial charge >= 0.3 is 0 Å². The molecule has 0 spiro atoms. The summed E-state index contributed by atoms with van der Waals surface area (Å²) in [5.41, 5.74) is 4.43. The molecule has 0 fully saturated rings. The van der Waals surface area contributed by atoms with Gasteiger partial charge in [0.05, 0.1) is 55.6 Å². The summed E-state index contributed by atoms with van der Waals surface area (Å²) < 4.78 is 16.4. The van der Waals surface area contributed by atoms with E-state index in [9.17, 15) is 0 Å². The Labute approximate surface area is 212 Å². The number of aromatic nitrogens is 5. The van der Waals surface area contributed by atoms with Crippen molar-refractivity contribution in [1.82, 2.24) is 25.2 Å². The molecule has 2 heterocycles. The molecule has 0 aliphatic heterocycles. The zero-order chi connectivity index (χ0) is 25.1. The number of hydrogen-bond donors (Lipinski definition) is 1. The molecule has 9 nitrogen and oxygen atoms in total. The average Bonchev–Trinajstić information content (AvgIpc) is 3.46. The zero-order valence-corrected chi connectivity index (χ0v) is 20.7. The first-order valence-electron chi connectivity index (χ1n) is 11.1. The van der Waals surface area contributed by atoms with Gasteiger partial charge in [-0.3, -0.25) is 0 Å². The van der Waals surface area contributed by atoms with Crippen LogP contribution in [0.2, 0.25) is 5.02 Å². The molecule has 0 saturated heterocycles. The average molecular weight is 503 g/mol. The van der Waals surface area contributed by atoms with Crippen LogP contribution >= 0.6 is 11.6 Å². The third-order valence-corrected chi connectivity index (χ3v) is 6.07. The van der Waals surface area contributed by atoms with Crippen molar-refractivity contribution in [2.24, 2.45) is 0 Å². The fourth-order valence-corrected chi connectivity index (χ4v) is 4.24. The molecule has 10 heteroatoms. The lowest BCUT2D eigenvalue weighted by molar-refractivity contribution is 0.391. The molecule has 0 aliphatic rings. The second-order valence-electron chi connectivity index (χ2n) is 7.79. The van der Waals surface area contributed by atoms with Gasteiger partial charge in [-0.2, -0.15) is 15.0 Å². The number of anilines is 1. The van der Waals surface area contributed by atoms with Crippen molar-refractivity contribution < 1.29 is 14.2 Å². The van der Waals surface area contributed by atoms with Crippen LogP contribution < -0.4 is 19.5 Å². The number of methoxy groups -OCH3 is 3. The van der Waals surface area contributed by atoms with Gasteiger partial charge < -0.3 is 19.5 Å². The predicted octanol–water partition coefficient (Wildman–Crippen LogP) is 5.17. The highest BCUT2D eigenvalue weighted by Gasteiger charge is 2.20. The van der Waals surface area contributed by atoms with Crippen LogP contribution in [0.4, 0.5) is 5.69 Å². The molecule has 1 N–H and O–H groups in total. The first kappa shape index (κ1) is 23.4. The van der Waals surface area contributed by atoms with E-state index in [1.165, 1.54) is 4.80 Å². The summed E-state index contributed by atoms with van der Waals surface area (Å²) in [6, 6.07) is 17.1. The van der Waals surface area contributed by atoms with Crippen molar-refractivity contribution in [2.75, 3.05) is 26.6 Å². The molecule has 0 unspecified atom stereocenters. The smallest absolute Gasteiger partial charge is 0.139 e. The monoisotopic (exact) mass is 502 g/mol. The number of hydrogen-bond acceptors (Lipinski definition) is 8. The van der Waals surface area contributed by atoms with E-state index < -0.39 is 0 Å². The van der Waals surface area contributed by atoms with Gasteiger partial charge in [-0.05, 0) is 24.3 Å². The van der Waals surface area contributed by atoms with Crippen LogP contribution in [0.25, 0.3) is 27.8 Å². The topological polar surface area (TPSA) is 96.2 Å². The second kappa shape index (κ2) is 10.1. The van der Waals surface area contributed by atoms with E-state index >= 15 is 0 Å². The number of rotatable bonds is 8. The van der Waals surface area contributed by atoms with E-state index in [4.69, 9.17) is 25.8 Å². The normalized spacial score (nSPS) is 10.9. The summed E-state index contributed by atoms with van der Waals surface area (Å²) in [6.45, 7) is 0.467. The van der Waals surface area contributed by atoms with Gasteiger partial charge in [-0.25, -0.2) is 0 Å². The maximum atomic E-state index is 6.55. The number of nitrogens with zero attached hydrogens (tertiary/aromatic N) is 5. The minimum Gasteiger partial charge on any atom is -0.497 e. The van der Waals surface area contributed by atoms with Crippen LogP contribution in [-0.2, 0) is 6.54 Å². The Hall–Kier alpha value is -4.37. The zero-order valence-electron chi connectivity index (χ0n) is 19.9. The fourth-order valence-electron chi connectivity index (χ4n) is 4.00. The van der Waals surface area contributed by atoms with Crippen molar-refractivity contribution in [3.8, 4) is 34.2 Å². The third kappa shape index (κ3) is 4.36. The van der Waals surface area contributed by atoms with Crippen molar-refractivity contribution >= 4 is 28.2 Å². The summed E-state index contributed by atoms with van der Waals surface area (Å²) in [4.78, 5) is 1.50. The highest BCUT2D eigenvalue weighted by Crippen LogP contribution is 2.40. The molecule has 0 aliphatic carbocycles. The Bertz CT molecular complexity index is 1520. The van der Waals surface area contributed by atoms with E-state index in [2.05, 4.69) is 25.7 Å². The van der Waals surface area contributed by atoms with Gasteiger partial charge in [0.15, 0.2) is 0 Å². The van der Waals surface area contributed by atoms with Crippen LogP contribution in [0.15, 0.2) is 67.0 Å². The van der Waals surface area contributed by atoms with Gasteiger partial charge in [0.25, 0.3) is 0 Å². The van der Waals surface area contributed by atoms with Gasteiger partial charge in [-0.15, -0.1) is 10.2 Å². The van der Waals surface area contributed by atoms with E-state index in [0.717, 1.165) is 27.9 Å². The minimum atomic E-state index is 0.432. The van der Waals surface area contributed by atoms with Crippen molar-refractivity contribution in [2.45, 2.75) is 6.54 Å². The quantitative estimate of drug-likeness (QED) is 0.310. The van der Waals surface area contributed by atoms with Crippen molar-refractivity contribution in [1.29, 1.82) is 0 Å². The van der Waals surface area contributed by atoms with E-state index in [1.807, 2.05) is 42.5 Å². The first-order valence-corrected chi connectivity index (χ1v) is 11.5. The SMILES string of the molecule is COc1ccc(CNc2c(-c3cc(Cl)c(OC)cc3-n3nccn3)nnc3ccccc23)c(OC)c1. The Morgan fingerprint density at radius 2 is 1.64 bits per heavy atom. The molecule has 5 aromatic rings. The van der Waals surface area contributed by atoms with Gasteiger partial charge in [0.2, 0.25) is 0 Å². The molecule has 3 aromatic carbocycles. The minimum absolute atomic E-state index is 0.432. The first-order chi connectivity index (χ1) is 17.6. The molecular formula is C26H23ClN6O3. The predicted molar refractivity (Wildman–Crippen MR) is 138 cm³/mol. The van der Waals surface area contributed by atoms with E-state index in [1.54, 1.807) is 45.9 Å². The lowest BCUT2D eigenvalue weighted by Crippen LogP contribution is -2.08. The Balaban J connectivity index is 1.67. The molecule has 0 bridgehead atoms. The summed E-state index contributed by atoms with van der Waals surface area (Å²) in [7, 11) is 4.82. The Morgan fingerprint density at radius 1 is 0.861 bits per heavy atom. The molecule has 0 atom stereocenters. The lowest BCUT2D eigenvalue weighted by Gasteiger charge is -2.18. The molecule has 0 radical (unpaired) electrons. The number of benzene rings is 3. The molecule has 2 aromatic heterocycles. The number of ether oxygens (including phenoxy) is 3. The lowest BCUT2D eigenvalue weighted by atomic mass is 10.0. The van der Waals surface area contributed by atoms with Crippen molar-refractivity contribution in [3.05, 3.63) is 77.6 Å². The van der Waals surface area contributed by atoms with Crippen LogP contribution in [0.5, 0.6) is 17.2 Å². The number of nitrogens with one attached hydrogen (secondary N) is 1. The maximum Gasteiger partial charge on any atom is 0.139 e. The summed E-state index contributed by atoms with van der Waals surface area (Å²) >= 11 is 6.55. The maximum absolute atomic E-state index is 6.55. The van der Waals surface area contributed by atoms with Crippen LogP contribution in [0.3, 0.4) is 0 Å². The molecule has 182 valence electrons. The number of halogens is 1. The summed E-state index contributed by atoms with van der Waals surface area (Å²) in [5.74, 6) is 1.93. The second-order valence-corrected chi connectivity index (χ2v) is 8.20.